The first-order valence-corrected chi connectivity index (χ1v) is 12.9. The van der Waals surface area contributed by atoms with Gasteiger partial charge in [-0.05, 0) is 62.7 Å². The van der Waals surface area contributed by atoms with Crippen LogP contribution in [-0.4, -0.2) is 33.4 Å². The van der Waals surface area contributed by atoms with Gasteiger partial charge in [0.1, 0.15) is 0 Å². The number of anilines is 1. The van der Waals surface area contributed by atoms with Crippen molar-refractivity contribution in [3.63, 3.8) is 0 Å². The van der Waals surface area contributed by atoms with Gasteiger partial charge in [0.15, 0.2) is 11.0 Å². The Morgan fingerprint density at radius 3 is 2.41 bits per heavy atom. The largest absolute Gasteiger partial charge is 0.462 e. The van der Waals surface area contributed by atoms with Crippen molar-refractivity contribution in [1.82, 2.24) is 20.1 Å². The van der Waals surface area contributed by atoms with Gasteiger partial charge < -0.3 is 15.4 Å². The van der Waals surface area contributed by atoms with Crippen molar-refractivity contribution in [2.75, 3.05) is 11.9 Å². The number of aromatic nitrogens is 3. The topological polar surface area (TPSA) is 98.1 Å². The monoisotopic (exact) mass is 515 g/mol. The minimum absolute atomic E-state index is 0.179. The quantitative estimate of drug-likeness (QED) is 0.220. The second-order valence-corrected chi connectivity index (χ2v) is 9.40. The van der Waals surface area contributed by atoms with Gasteiger partial charge in [-0.1, -0.05) is 59.3 Å². The van der Waals surface area contributed by atoms with E-state index >= 15 is 0 Å². The molecule has 190 valence electrons. The minimum Gasteiger partial charge on any atom is -0.462 e. The predicted molar refractivity (Wildman–Crippen MR) is 145 cm³/mol. The fourth-order valence-electron chi connectivity index (χ4n) is 3.65. The van der Waals surface area contributed by atoms with Crippen LogP contribution in [0.2, 0.25) is 0 Å². The van der Waals surface area contributed by atoms with Crippen LogP contribution < -0.4 is 10.6 Å². The molecule has 0 unspecified atom stereocenters. The highest BCUT2D eigenvalue weighted by Gasteiger charge is 2.16. The summed E-state index contributed by atoms with van der Waals surface area (Å²) in [6, 6.07) is 22.6. The Labute approximate surface area is 220 Å². The van der Waals surface area contributed by atoms with Gasteiger partial charge in [0.25, 0.3) is 0 Å². The van der Waals surface area contributed by atoms with Crippen LogP contribution in [0.4, 0.5) is 10.5 Å². The van der Waals surface area contributed by atoms with Crippen LogP contribution in [0.5, 0.6) is 0 Å². The number of esters is 1. The molecule has 4 rings (SSSR count). The molecule has 0 saturated heterocycles. The number of hydrogen-bond donors (Lipinski definition) is 2. The highest BCUT2D eigenvalue weighted by atomic mass is 32.2. The van der Waals surface area contributed by atoms with Crippen molar-refractivity contribution < 1.29 is 14.3 Å². The SMILES string of the molecule is CCOC(=O)c1ccc(NC(=O)NCc2nnc(SCc3cccc(C)c3)n2-c2ccc(C)cc2)cc1. The summed E-state index contributed by atoms with van der Waals surface area (Å²) in [6.45, 7) is 6.35. The van der Waals surface area contributed by atoms with Gasteiger partial charge >= 0.3 is 12.0 Å². The summed E-state index contributed by atoms with van der Waals surface area (Å²) in [5.41, 5.74) is 5.48. The summed E-state index contributed by atoms with van der Waals surface area (Å²) in [7, 11) is 0. The molecule has 37 heavy (non-hydrogen) atoms. The Morgan fingerprint density at radius 2 is 1.70 bits per heavy atom. The molecule has 2 N–H and O–H groups in total. The molecule has 0 spiro atoms. The molecule has 0 radical (unpaired) electrons. The number of amides is 2. The van der Waals surface area contributed by atoms with Crippen molar-refractivity contribution in [3.05, 3.63) is 101 Å². The molecule has 0 bridgehead atoms. The fourth-order valence-corrected chi connectivity index (χ4v) is 4.56. The number of urea groups is 1. The summed E-state index contributed by atoms with van der Waals surface area (Å²) >= 11 is 1.60. The van der Waals surface area contributed by atoms with E-state index in [1.54, 1.807) is 43.0 Å². The molecule has 0 atom stereocenters. The molecule has 3 aromatic carbocycles. The number of hydrogen-bond acceptors (Lipinski definition) is 6. The Kier molecular flexibility index (Phi) is 8.58. The first kappa shape index (κ1) is 26.0. The fraction of sp³-hybridized carbons (Fsp3) is 0.214. The molecule has 0 fully saturated rings. The summed E-state index contributed by atoms with van der Waals surface area (Å²) in [5, 5.41) is 15.2. The summed E-state index contributed by atoms with van der Waals surface area (Å²) in [6.07, 6.45) is 0. The van der Waals surface area contributed by atoms with Crippen LogP contribution in [0, 0.1) is 13.8 Å². The van der Waals surface area contributed by atoms with Crippen molar-refractivity contribution in [3.8, 4) is 5.69 Å². The Morgan fingerprint density at radius 1 is 0.946 bits per heavy atom. The number of thioether (sulfide) groups is 1. The Balaban J connectivity index is 1.45. The lowest BCUT2D eigenvalue weighted by molar-refractivity contribution is 0.0526. The number of carbonyl (C=O) groups excluding carboxylic acids is 2. The molecule has 0 aliphatic rings. The van der Waals surface area contributed by atoms with E-state index in [1.807, 2.05) is 41.8 Å². The third kappa shape index (κ3) is 6.98. The van der Waals surface area contributed by atoms with Gasteiger partial charge in [-0.2, -0.15) is 0 Å². The molecule has 0 aliphatic carbocycles. The normalized spacial score (nSPS) is 10.7. The molecule has 0 aliphatic heterocycles. The van der Waals surface area contributed by atoms with Gasteiger partial charge in [-0.25, -0.2) is 9.59 Å². The van der Waals surface area contributed by atoms with Gasteiger partial charge in [0, 0.05) is 17.1 Å². The number of benzene rings is 3. The van der Waals surface area contributed by atoms with Crippen LogP contribution in [0.3, 0.4) is 0 Å². The average Bonchev–Trinajstić information content (AvgIpc) is 3.30. The first-order chi connectivity index (χ1) is 17.9. The number of nitrogens with one attached hydrogen (secondary N) is 2. The molecule has 4 aromatic rings. The van der Waals surface area contributed by atoms with Crippen LogP contribution in [0.15, 0.2) is 78.0 Å². The van der Waals surface area contributed by atoms with Crippen molar-refractivity contribution in [2.45, 2.75) is 38.2 Å². The van der Waals surface area contributed by atoms with Crippen LogP contribution in [0.25, 0.3) is 5.69 Å². The summed E-state index contributed by atoms with van der Waals surface area (Å²) in [4.78, 5) is 24.4. The van der Waals surface area contributed by atoms with E-state index in [0.29, 0.717) is 23.7 Å². The Bertz CT molecular complexity index is 1370. The van der Waals surface area contributed by atoms with Crippen LogP contribution in [-0.2, 0) is 17.0 Å². The predicted octanol–water partition coefficient (Wildman–Crippen LogP) is 5.67. The second kappa shape index (κ2) is 12.2. The lowest BCUT2D eigenvalue weighted by atomic mass is 10.2. The average molecular weight is 516 g/mol. The van der Waals surface area contributed by atoms with E-state index in [0.717, 1.165) is 22.2 Å². The lowest BCUT2D eigenvalue weighted by Gasteiger charge is -2.12. The molecule has 0 saturated carbocycles. The third-order valence-electron chi connectivity index (χ3n) is 5.50. The highest BCUT2D eigenvalue weighted by molar-refractivity contribution is 7.98. The minimum atomic E-state index is -0.398. The zero-order valence-corrected chi connectivity index (χ0v) is 21.8. The number of carbonyl (C=O) groups is 2. The maximum absolute atomic E-state index is 12.6. The molecule has 1 heterocycles. The van der Waals surface area contributed by atoms with E-state index in [9.17, 15) is 9.59 Å². The number of aryl methyl sites for hydroxylation is 2. The third-order valence-corrected chi connectivity index (χ3v) is 6.50. The van der Waals surface area contributed by atoms with E-state index in [-0.39, 0.29) is 6.54 Å². The molecule has 8 nitrogen and oxygen atoms in total. The smallest absolute Gasteiger partial charge is 0.338 e. The van der Waals surface area contributed by atoms with E-state index < -0.39 is 12.0 Å². The van der Waals surface area contributed by atoms with E-state index in [1.165, 1.54) is 11.1 Å². The molecule has 2 amide bonds. The van der Waals surface area contributed by atoms with Gasteiger partial charge in [-0.15, -0.1) is 10.2 Å². The molecule has 9 heteroatoms. The molecule has 1 aromatic heterocycles. The van der Waals surface area contributed by atoms with E-state index in [4.69, 9.17) is 4.74 Å². The maximum atomic E-state index is 12.6. The standard InChI is InChI=1S/C28H29N5O3S/c1-4-36-26(34)22-10-12-23(13-11-22)30-27(35)29-17-25-31-32-28(33(25)24-14-8-19(2)9-15-24)37-18-21-7-5-6-20(3)16-21/h5-16H,4,17-18H2,1-3H3,(H2,29,30,35). The molecular weight excluding hydrogens is 486 g/mol. The lowest BCUT2D eigenvalue weighted by Crippen LogP contribution is -2.29. The summed E-state index contributed by atoms with van der Waals surface area (Å²) in [5.74, 6) is 0.968. The maximum Gasteiger partial charge on any atom is 0.338 e. The zero-order chi connectivity index (χ0) is 26.2. The zero-order valence-electron chi connectivity index (χ0n) is 21.0. The van der Waals surface area contributed by atoms with Gasteiger partial charge in [-0.3, -0.25) is 4.57 Å². The van der Waals surface area contributed by atoms with Gasteiger partial charge in [0.2, 0.25) is 0 Å². The van der Waals surface area contributed by atoms with Crippen molar-refractivity contribution in [2.24, 2.45) is 0 Å². The van der Waals surface area contributed by atoms with Crippen LogP contribution >= 0.6 is 11.8 Å². The van der Waals surface area contributed by atoms with Crippen molar-refractivity contribution >= 4 is 29.4 Å². The first-order valence-electron chi connectivity index (χ1n) is 11.9. The van der Waals surface area contributed by atoms with E-state index in [2.05, 4.69) is 46.0 Å². The van der Waals surface area contributed by atoms with Crippen molar-refractivity contribution in [1.29, 1.82) is 0 Å². The number of rotatable bonds is 9. The number of ether oxygens (including phenoxy) is 1. The van der Waals surface area contributed by atoms with Gasteiger partial charge in [0.05, 0.1) is 18.7 Å². The Hall–Kier alpha value is -4.11. The van der Waals surface area contributed by atoms with Crippen LogP contribution in [0.1, 0.15) is 39.8 Å². The highest BCUT2D eigenvalue weighted by Crippen LogP contribution is 2.26. The number of nitrogens with zero attached hydrogens (tertiary/aromatic N) is 3. The second-order valence-electron chi connectivity index (χ2n) is 8.45. The molecular formula is C28H29N5O3S. The summed E-state index contributed by atoms with van der Waals surface area (Å²) < 4.78 is 6.95.